The maximum Gasteiger partial charge on any atom is 0.322 e. The van der Waals surface area contributed by atoms with E-state index in [1.54, 1.807) is 12.0 Å². The SMILES string of the molecule is COc1ccccc1NC(=O)N1CCCCCC1CO. The van der Waals surface area contributed by atoms with Gasteiger partial charge >= 0.3 is 6.03 Å². The van der Waals surface area contributed by atoms with Gasteiger partial charge in [-0.05, 0) is 25.0 Å². The summed E-state index contributed by atoms with van der Waals surface area (Å²) in [5.41, 5.74) is 0.654. The number of carbonyl (C=O) groups is 1. The van der Waals surface area contributed by atoms with Gasteiger partial charge in [-0.15, -0.1) is 0 Å². The van der Waals surface area contributed by atoms with Crippen molar-refractivity contribution in [2.45, 2.75) is 31.7 Å². The molecule has 110 valence electrons. The van der Waals surface area contributed by atoms with Gasteiger partial charge in [-0.1, -0.05) is 25.0 Å². The molecule has 1 aromatic carbocycles. The molecule has 1 saturated heterocycles. The highest BCUT2D eigenvalue weighted by Crippen LogP contribution is 2.24. The van der Waals surface area contributed by atoms with E-state index in [9.17, 15) is 9.90 Å². The Morgan fingerprint density at radius 2 is 2.20 bits per heavy atom. The molecule has 0 aliphatic carbocycles. The van der Waals surface area contributed by atoms with E-state index in [1.807, 2.05) is 24.3 Å². The number of para-hydroxylation sites is 2. The fourth-order valence-corrected chi connectivity index (χ4v) is 2.57. The van der Waals surface area contributed by atoms with Crippen molar-refractivity contribution in [1.29, 1.82) is 0 Å². The molecular formula is C15H22N2O3. The molecule has 0 spiro atoms. The molecule has 0 saturated carbocycles. The van der Waals surface area contributed by atoms with E-state index in [4.69, 9.17) is 4.74 Å². The normalized spacial score (nSPS) is 19.3. The zero-order chi connectivity index (χ0) is 14.4. The van der Waals surface area contributed by atoms with Gasteiger partial charge in [-0.3, -0.25) is 0 Å². The fourth-order valence-electron chi connectivity index (χ4n) is 2.57. The molecule has 2 rings (SSSR count). The third-order valence-corrected chi connectivity index (χ3v) is 3.70. The summed E-state index contributed by atoms with van der Waals surface area (Å²) >= 11 is 0. The Morgan fingerprint density at radius 3 is 2.95 bits per heavy atom. The molecule has 1 aromatic rings. The van der Waals surface area contributed by atoms with Gasteiger partial charge in [-0.2, -0.15) is 0 Å². The minimum Gasteiger partial charge on any atom is -0.495 e. The van der Waals surface area contributed by atoms with Gasteiger partial charge in [0.15, 0.2) is 0 Å². The van der Waals surface area contributed by atoms with Crippen LogP contribution in [0.25, 0.3) is 0 Å². The summed E-state index contributed by atoms with van der Waals surface area (Å²) in [5, 5.41) is 12.3. The quantitative estimate of drug-likeness (QED) is 0.893. The summed E-state index contributed by atoms with van der Waals surface area (Å²) < 4.78 is 5.23. The number of ether oxygens (including phenoxy) is 1. The molecule has 0 bridgehead atoms. The lowest BCUT2D eigenvalue weighted by Gasteiger charge is -2.29. The van der Waals surface area contributed by atoms with Crippen LogP contribution >= 0.6 is 0 Å². The molecule has 0 radical (unpaired) electrons. The standard InChI is InChI=1S/C15H22N2O3/c1-20-14-9-5-4-8-13(14)16-15(19)17-10-6-2-3-7-12(17)11-18/h4-5,8-9,12,18H,2-3,6-7,10-11H2,1H3,(H,16,19). The number of aliphatic hydroxyl groups excluding tert-OH is 1. The highest BCUT2D eigenvalue weighted by molar-refractivity contribution is 5.91. The minimum absolute atomic E-state index is 0.0132. The first-order chi connectivity index (χ1) is 9.76. The summed E-state index contributed by atoms with van der Waals surface area (Å²) in [4.78, 5) is 14.1. The van der Waals surface area contributed by atoms with Crippen LogP contribution in [0.3, 0.4) is 0 Å². The molecule has 1 atom stereocenters. The highest BCUT2D eigenvalue weighted by Gasteiger charge is 2.25. The van der Waals surface area contributed by atoms with Gasteiger partial charge in [0.25, 0.3) is 0 Å². The van der Waals surface area contributed by atoms with E-state index in [-0.39, 0.29) is 18.7 Å². The molecule has 20 heavy (non-hydrogen) atoms. The maximum atomic E-state index is 12.4. The Labute approximate surface area is 119 Å². The number of rotatable bonds is 3. The molecule has 1 heterocycles. The Kier molecular flexibility index (Phi) is 5.24. The van der Waals surface area contributed by atoms with Crippen LogP contribution < -0.4 is 10.1 Å². The van der Waals surface area contributed by atoms with Gasteiger partial charge in [-0.25, -0.2) is 4.79 Å². The van der Waals surface area contributed by atoms with E-state index in [0.717, 1.165) is 25.7 Å². The van der Waals surface area contributed by atoms with Crippen molar-refractivity contribution >= 4 is 11.7 Å². The predicted molar refractivity (Wildman–Crippen MR) is 78.1 cm³/mol. The Balaban J connectivity index is 2.09. The molecule has 0 aromatic heterocycles. The van der Waals surface area contributed by atoms with Crippen LogP contribution in [0, 0.1) is 0 Å². The van der Waals surface area contributed by atoms with Crippen LogP contribution in [-0.2, 0) is 0 Å². The van der Waals surface area contributed by atoms with Crippen LogP contribution in [0.4, 0.5) is 10.5 Å². The smallest absolute Gasteiger partial charge is 0.322 e. The number of urea groups is 1. The lowest BCUT2D eigenvalue weighted by atomic mass is 10.1. The summed E-state index contributed by atoms with van der Waals surface area (Å²) in [6, 6.07) is 7.06. The number of hydrogen-bond donors (Lipinski definition) is 2. The number of methoxy groups -OCH3 is 1. The third kappa shape index (κ3) is 3.42. The van der Waals surface area contributed by atoms with Crippen molar-refractivity contribution in [2.75, 3.05) is 25.6 Å². The molecule has 2 N–H and O–H groups in total. The number of likely N-dealkylation sites (tertiary alicyclic amines) is 1. The number of amides is 2. The first kappa shape index (κ1) is 14.7. The van der Waals surface area contributed by atoms with E-state index < -0.39 is 0 Å². The molecule has 1 fully saturated rings. The topological polar surface area (TPSA) is 61.8 Å². The van der Waals surface area contributed by atoms with Crippen molar-refractivity contribution in [2.24, 2.45) is 0 Å². The van der Waals surface area contributed by atoms with Crippen LogP contribution in [-0.4, -0.2) is 42.3 Å². The molecular weight excluding hydrogens is 256 g/mol. The van der Waals surface area contributed by atoms with Crippen LogP contribution in [0.1, 0.15) is 25.7 Å². The Bertz CT molecular complexity index is 450. The second-order valence-corrected chi connectivity index (χ2v) is 5.01. The van der Waals surface area contributed by atoms with Crippen molar-refractivity contribution in [3.05, 3.63) is 24.3 Å². The van der Waals surface area contributed by atoms with Crippen molar-refractivity contribution in [3.8, 4) is 5.75 Å². The molecule has 1 aliphatic rings. The van der Waals surface area contributed by atoms with Crippen molar-refractivity contribution in [1.82, 2.24) is 4.90 Å². The third-order valence-electron chi connectivity index (χ3n) is 3.70. The minimum atomic E-state index is -0.171. The highest BCUT2D eigenvalue weighted by atomic mass is 16.5. The average Bonchev–Trinajstić information content (AvgIpc) is 2.73. The van der Waals surface area contributed by atoms with Gasteiger partial charge < -0.3 is 20.1 Å². The second-order valence-electron chi connectivity index (χ2n) is 5.01. The Hall–Kier alpha value is -1.75. The van der Waals surface area contributed by atoms with Crippen LogP contribution in [0.15, 0.2) is 24.3 Å². The summed E-state index contributed by atoms with van der Waals surface area (Å²) in [6.45, 7) is 0.700. The number of aliphatic hydroxyl groups is 1. The number of hydrogen-bond acceptors (Lipinski definition) is 3. The van der Waals surface area contributed by atoms with E-state index in [1.165, 1.54) is 0 Å². The number of benzene rings is 1. The molecule has 1 unspecified atom stereocenters. The number of carbonyl (C=O) groups excluding carboxylic acids is 1. The number of nitrogens with one attached hydrogen (secondary N) is 1. The number of nitrogens with zero attached hydrogens (tertiary/aromatic N) is 1. The number of anilines is 1. The summed E-state index contributed by atoms with van der Waals surface area (Å²) in [6.07, 6.45) is 4.00. The van der Waals surface area contributed by atoms with E-state index >= 15 is 0 Å². The monoisotopic (exact) mass is 278 g/mol. The predicted octanol–water partition coefficient (Wildman–Crippen LogP) is 2.46. The van der Waals surface area contributed by atoms with Gasteiger partial charge in [0.2, 0.25) is 0 Å². The molecule has 2 amide bonds. The fraction of sp³-hybridized carbons (Fsp3) is 0.533. The first-order valence-corrected chi connectivity index (χ1v) is 7.07. The zero-order valence-corrected chi connectivity index (χ0v) is 11.8. The molecule has 5 nitrogen and oxygen atoms in total. The van der Waals surface area contributed by atoms with Crippen molar-refractivity contribution in [3.63, 3.8) is 0 Å². The zero-order valence-electron chi connectivity index (χ0n) is 11.8. The van der Waals surface area contributed by atoms with Gasteiger partial charge in [0.1, 0.15) is 5.75 Å². The van der Waals surface area contributed by atoms with E-state index in [2.05, 4.69) is 5.32 Å². The van der Waals surface area contributed by atoms with Gasteiger partial charge in [0, 0.05) is 6.54 Å². The maximum absolute atomic E-state index is 12.4. The van der Waals surface area contributed by atoms with Gasteiger partial charge in [0.05, 0.1) is 25.4 Å². The summed E-state index contributed by atoms with van der Waals surface area (Å²) in [7, 11) is 1.58. The second kappa shape index (κ2) is 7.14. The van der Waals surface area contributed by atoms with Crippen LogP contribution in [0.5, 0.6) is 5.75 Å². The molecule has 5 heteroatoms. The van der Waals surface area contributed by atoms with Crippen molar-refractivity contribution < 1.29 is 14.6 Å². The summed E-state index contributed by atoms with van der Waals surface area (Å²) in [5.74, 6) is 0.635. The lowest BCUT2D eigenvalue weighted by molar-refractivity contribution is 0.142. The first-order valence-electron chi connectivity index (χ1n) is 7.07. The average molecular weight is 278 g/mol. The van der Waals surface area contributed by atoms with Crippen LogP contribution in [0.2, 0.25) is 0 Å². The Morgan fingerprint density at radius 1 is 1.40 bits per heavy atom. The lowest BCUT2D eigenvalue weighted by Crippen LogP contribution is -2.44. The largest absolute Gasteiger partial charge is 0.495 e. The molecule has 1 aliphatic heterocycles. The van der Waals surface area contributed by atoms with E-state index in [0.29, 0.717) is 18.0 Å².